The molecule has 0 saturated carbocycles. The Labute approximate surface area is 77.0 Å². The summed E-state index contributed by atoms with van der Waals surface area (Å²) in [4.78, 5) is 11.1. The number of carbonyl (C=O) groups is 1. The average molecular weight is 180 g/mol. The quantitative estimate of drug-likeness (QED) is 0.710. The maximum Gasteiger partial charge on any atom is 0.188 e. The summed E-state index contributed by atoms with van der Waals surface area (Å²) in [6, 6.07) is 5.07. The van der Waals surface area contributed by atoms with Gasteiger partial charge >= 0.3 is 0 Å². The number of benzene rings is 1. The van der Waals surface area contributed by atoms with Crippen LogP contribution >= 0.6 is 0 Å². The van der Waals surface area contributed by atoms with E-state index in [2.05, 4.69) is 0 Å². The van der Waals surface area contributed by atoms with Crippen molar-refractivity contribution < 1.29 is 14.6 Å². The van der Waals surface area contributed by atoms with E-state index in [9.17, 15) is 4.79 Å². The second-order valence-corrected chi connectivity index (χ2v) is 2.77. The van der Waals surface area contributed by atoms with E-state index in [1.807, 2.05) is 6.92 Å². The highest BCUT2D eigenvalue weighted by Crippen LogP contribution is 2.18. The van der Waals surface area contributed by atoms with E-state index in [0.29, 0.717) is 5.56 Å². The van der Waals surface area contributed by atoms with Crippen LogP contribution < -0.4 is 4.74 Å². The standard InChI is InChI=1S/C10H12O3/c1-7-5-8(9(12)6-11)3-4-10(7)13-2/h3-5,11H,6H2,1-2H3. The Kier molecular flexibility index (Phi) is 3.03. The van der Waals surface area contributed by atoms with Crippen molar-refractivity contribution in [3.05, 3.63) is 29.3 Å². The van der Waals surface area contributed by atoms with Gasteiger partial charge in [-0.2, -0.15) is 0 Å². The Bertz CT molecular complexity index is 318. The first-order valence-corrected chi connectivity index (χ1v) is 3.97. The number of methoxy groups -OCH3 is 1. The van der Waals surface area contributed by atoms with Crippen molar-refractivity contribution >= 4 is 5.78 Å². The van der Waals surface area contributed by atoms with Gasteiger partial charge in [-0.1, -0.05) is 0 Å². The first kappa shape index (κ1) is 9.74. The highest BCUT2D eigenvalue weighted by molar-refractivity contribution is 5.97. The maximum absolute atomic E-state index is 11.1. The Balaban J connectivity index is 3.02. The van der Waals surface area contributed by atoms with Crippen LogP contribution in [0.25, 0.3) is 0 Å². The molecule has 0 aromatic heterocycles. The molecule has 0 unspecified atom stereocenters. The fourth-order valence-electron chi connectivity index (χ4n) is 1.14. The van der Waals surface area contributed by atoms with Gasteiger partial charge < -0.3 is 9.84 Å². The molecular weight excluding hydrogens is 168 g/mol. The molecule has 0 saturated heterocycles. The van der Waals surface area contributed by atoms with Crippen LogP contribution in [-0.2, 0) is 0 Å². The van der Waals surface area contributed by atoms with E-state index < -0.39 is 6.61 Å². The molecule has 70 valence electrons. The number of ketones is 1. The van der Waals surface area contributed by atoms with Crippen molar-refractivity contribution in [2.45, 2.75) is 6.92 Å². The van der Waals surface area contributed by atoms with Crippen LogP contribution in [0.15, 0.2) is 18.2 Å². The Morgan fingerprint density at radius 3 is 2.69 bits per heavy atom. The summed E-state index contributed by atoms with van der Waals surface area (Å²) in [6.07, 6.45) is 0. The molecule has 0 aliphatic heterocycles. The van der Waals surface area contributed by atoms with Crippen LogP contribution in [0, 0.1) is 6.92 Å². The number of rotatable bonds is 3. The van der Waals surface area contributed by atoms with Gasteiger partial charge in [0.05, 0.1) is 7.11 Å². The number of carbonyl (C=O) groups excluding carboxylic acids is 1. The molecule has 1 N–H and O–H groups in total. The van der Waals surface area contributed by atoms with Crippen LogP contribution in [0.5, 0.6) is 5.75 Å². The minimum Gasteiger partial charge on any atom is -0.496 e. The third-order valence-electron chi connectivity index (χ3n) is 1.86. The minimum atomic E-state index is -0.453. The lowest BCUT2D eigenvalue weighted by atomic mass is 10.1. The summed E-state index contributed by atoms with van der Waals surface area (Å²) < 4.78 is 5.04. The molecule has 1 aromatic carbocycles. The van der Waals surface area contributed by atoms with E-state index in [1.54, 1.807) is 25.3 Å². The molecule has 0 aliphatic rings. The molecule has 3 heteroatoms. The summed E-state index contributed by atoms with van der Waals surface area (Å²) in [6.45, 7) is 1.40. The minimum absolute atomic E-state index is 0.272. The second-order valence-electron chi connectivity index (χ2n) is 2.77. The Morgan fingerprint density at radius 2 is 2.23 bits per heavy atom. The van der Waals surface area contributed by atoms with Crippen molar-refractivity contribution in [2.24, 2.45) is 0 Å². The lowest BCUT2D eigenvalue weighted by Gasteiger charge is -2.05. The van der Waals surface area contributed by atoms with Crippen molar-refractivity contribution in [3.8, 4) is 5.75 Å². The summed E-state index contributed by atoms with van der Waals surface area (Å²) in [5.41, 5.74) is 1.41. The lowest BCUT2D eigenvalue weighted by Crippen LogP contribution is -2.04. The van der Waals surface area contributed by atoms with Crippen LogP contribution in [-0.4, -0.2) is 24.6 Å². The zero-order valence-electron chi connectivity index (χ0n) is 7.70. The normalized spacial score (nSPS) is 9.77. The number of hydrogen-bond donors (Lipinski definition) is 1. The van der Waals surface area contributed by atoms with Crippen LogP contribution in [0.2, 0.25) is 0 Å². The highest BCUT2D eigenvalue weighted by Gasteiger charge is 2.05. The summed E-state index contributed by atoms with van der Waals surface area (Å²) in [5, 5.41) is 8.62. The van der Waals surface area contributed by atoms with Crippen LogP contribution in [0.4, 0.5) is 0 Å². The van der Waals surface area contributed by atoms with Crippen molar-refractivity contribution in [3.63, 3.8) is 0 Å². The van der Waals surface area contributed by atoms with Crippen molar-refractivity contribution in [1.29, 1.82) is 0 Å². The van der Waals surface area contributed by atoms with Crippen LogP contribution in [0.1, 0.15) is 15.9 Å². The molecular formula is C10H12O3. The molecule has 0 bridgehead atoms. The third kappa shape index (κ3) is 2.06. The van der Waals surface area contributed by atoms with Gasteiger partial charge in [-0.15, -0.1) is 0 Å². The number of hydrogen-bond acceptors (Lipinski definition) is 3. The molecule has 0 radical (unpaired) electrons. The molecule has 0 heterocycles. The van der Waals surface area contributed by atoms with Crippen molar-refractivity contribution in [2.75, 3.05) is 13.7 Å². The Hall–Kier alpha value is -1.35. The van der Waals surface area contributed by atoms with E-state index in [-0.39, 0.29) is 5.78 Å². The first-order chi connectivity index (χ1) is 6.19. The number of ether oxygens (including phenoxy) is 1. The fourth-order valence-corrected chi connectivity index (χ4v) is 1.14. The van der Waals surface area contributed by atoms with Gasteiger partial charge in [0.25, 0.3) is 0 Å². The number of aliphatic hydroxyl groups excluding tert-OH is 1. The van der Waals surface area contributed by atoms with Gasteiger partial charge in [0.2, 0.25) is 0 Å². The highest BCUT2D eigenvalue weighted by atomic mass is 16.5. The molecule has 0 aliphatic carbocycles. The molecule has 0 fully saturated rings. The second kappa shape index (κ2) is 4.05. The van der Waals surface area contributed by atoms with Gasteiger partial charge in [0, 0.05) is 5.56 Å². The zero-order valence-corrected chi connectivity index (χ0v) is 7.70. The van der Waals surface area contributed by atoms with E-state index >= 15 is 0 Å². The molecule has 0 amide bonds. The summed E-state index contributed by atoms with van der Waals surface area (Å²) in [7, 11) is 1.58. The predicted molar refractivity (Wildman–Crippen MR) is 49.1 cm³/mol. The van der Waals surface area contributed by atoms with E-state index in [1.165, 1.54) is 0 Å². The Morgan fingerprint density at radius 1 is 1.54 bits per heavy atom. The number of aliphatic hydroxyl groups is 1. The largest absolute Gasteiger partial charge is 0.496 e. The average Bonchev–Trinajstić information content (AvgIpc) is 2.16. The van der Waals surface area contributed by atoms with E-state index in [0.717, 1.165) is 11.3 Å². The van der Waals surface area contributed by atoms with Gasteiger partial charge in [-0.05, 0) is 30.7 Å². The number of aryl methyl sites for hydroxylation is 1. The van der Waals surface area contributed by atoms with E-state index in [4.69, 9.17) is 9.84 Å². The number of Topliss-reactive ketones (excluding diaryl/α,β-unsaturated/α-hetero) is 1. The molecule has 1 aromatic rings. The third-order valence-corrected chi connectivity index (χ3v) is 1.86. The fraction of sp³-hybridized carbons (Fsp3) is 0.300. The zero-order chi connectivity index (χ0) is 9.84. The monoisotopic (exact) mass is 180 g/mol. The summed E-state index contributed by atoms with van der Waals surface area (Å²) >= 11 is 0. The molecule has 13 heavy (non-hydrogen) atoms. The maximum atomic E-state index is 11.1. The van der Waals surface area contributed by atoms with Crippen LogP contribution in [0.3, 0.4) is 0 Å². The molecule has 3 nitrogen and oxygen atoms in total. The van der Waals surface area contributed by atoms with Gasteiger partial charge in [-0.3, -0.25) is 4.79 Å². The predicted octanol–water partition coefficient (Wildman–Crippen LogP) is 1.18. The smallest absolute Gasteiger partial charge is 0.188 e. The van der Waals surface area contributed by atoms with Gasteiger partial charge in [0.15, 0.2) is 5.78 Å². The SMILES string of the molecule is COc1ccc(C(=O)CO)cc1C. The molecule has 0 atom stereocenters. The molecule has 1 rings (SSSR count). The van der Waals surface area contributed by atoms with Crippen molar-refractivity contribution in [1.82, 2.24) is 0 Å². The topological polar surface area (TPSA) is 46.5 Å². The van der Waals surface area contributed by atoms with Gasteiger partial charge in [-0.25, -0.2) is 0 Å². The summed E-state index contributed by atoms with van der Waals surface area (Å²) in [5.74, 6) is 0.472. The lowest BCUT2D eigenvalue weighted by molar-refractivity contribution is 0.0903. The van der Waals surface area contributed by atoms with Gasteiger partial charge in [0.1, 0.15) is 12.4 Å². The first-order valence-electron chi connectivity index (χ1n) is 3.97. The molecule has 0 spiro atoms.